The van der Waals surface area contributed by atoms with Crippen LogP contribution in [0.2, 0.25) is 0 Å². The first kappa shape index (κ1) is 14.5. The van der Waals surface area contributed by atoms with Gasteiger partial charge in [0, 0.05) is 30.7 Å². The van der Waals surface area contributed by atoms with E-state index in [1.54, 1.807) is 0 Å². The van der Waals surface area contributed by atoms with E-state index in [1.807, 2.05) is 17.1 Å². The molecule has 0 bridgehead atoms. The number of aromatic nitrogens is 4. The van der Waals surface area contributed by atoms with Gasteiger partial charge in [-0.05, 0) is 25.9 Å². The highest BCUT2D eigenvalue weighted by molar-refractivity contribution is 7.09. The predicted molar refractivity (Wildman–Crippen MR) is 85.1 cm³/mol. The van der Waals surface area contributed by atoms with Crippen molar-refractivity contribution in [2.24, 2.45) is 0 Å². The molecule has 1 aliphatic rings. The van der Waals surface area contributed by atoms with Crippen molar-refractivity contribution in [1.29, 1.82) is 0 Å². The molecule has 6 nitrogen and oxygen atoms in total. The number of rotatable bonds is 6. The molecule has 0 spiro atoms. The van der Waals surface area contributed by atoms with Gasteiger partial charge in [0.2, 0.25) is 5.13 Å². The third-order valence-electron chi connectivity index (χ3n) is 3.76. The van der Waals surface area contributed by atoms with Gasteiger partial charge in [0.05, 0.1) is 18.4 Å². The lowest BCUT2D eigenvalue weighted by molar-refractivity contribution is 0.218. The van der Waals surface area contributed by atoms with Crippen LogP contribution in [0.4, 0.5) is 10.8 Å². The Kier molecular flexibility index (Phi) is 4.82. The molecule has 7 heteroatoms. The van der Waals surface area contributed by atoms with Crippen molar-refractivity contribution in [3.63, 3.8) is 0 Å². The van der Waals surface area contributed by atoms with Crippen LogP contribution >= 0.6 is 11.5 Å². The van der Waals surface area contributed by atoms with Crippen molar-refractivity contribution in [2.75, 3.05) is 25.0 Å². The summed E-state index contributed by atoms with van der Waals surface area (Å²) in [6, 6.07) is 0. The average Bonchev–Trinajstić information content (AvgIpc) is 3.16. The molecule has 0 atom stereocenters. The molecule has 3 heterocycles. The number of aryl methyl sites for hydroxylation is 1. The summed E-state index contributed by atoms with van der Waals surface area (Å²) in [6.07, 6.45) is 8.81. The molecular formula is C14H22N6S. The molecule has 0 aliphatic carbocycles. The molecule has 2 aromatic rings. The predicted octanol–water partition coefficient (Wildman–Crippen LogP) is 2.53. The third kappa shape index (κ3) is 4.01. The highest BCUT2D eigenvalue weighted by atomic mass is 32.1. The zero-order valence-corrected chi connectivity index (χ0v) is 13.3. The van der Waals surface area contributed by atoms with Gasteiger partial charge in [0.1, 0.15) is 5.82 Å². The average molecular weight is 306 g/mol. The second kappa shape index (κ2) is 7.00. The molecule has 0 saturated carbocycles. The minimum atomic E-state index is 0.836. The maximum absolute atomic E-state index is 4.41. The zero-order valence-electron chi connectivity index (χ0n) is 12.5. The molecule has 1 aliphatic heterocycles. The van der Waals surface area contributed by atoms with E-state index in [2.05, 4.69) is 31.6 Å². The van der Waals surface area contributed by atoms with Crippen LogP contribution in [-0.2, 0) is 13.0 Å². The number of hydrogen-bond acceptors (Lipinski definition) is 6. The monoisotopic (exact) mass is 306 g/mol. The Bertz CT molecular complexity index is 557. The minimum Gasteiger partial charge on any atom is -0.328 e. The smallest absolute Gasteiger partial charge is 0.207 e. The maximum atomic E-state index is 4.41. The second-order valence-corrected chi connectivity index (χ2v) is 6.14. The minimum absolute atomic E-state index is 0.836. The van der Waals surface area contributed by atoms with E-state index in [9.17, 15) is 0 Å². The fourth-order valence-corrected chi connectivity index (χ4v) is 3.22. The van der Waals surface area contributed by atoms with E-state index in [0.717, 1.165) is 36.2 Å². The van der Waals surface area contributed by atoms with Gasteiger partial charge in [-0.3, -0.25) is 4.68 Å². The van der Waals surface area contributed by atoms with Gasteiger partial charge < -0.3 is 10.2 Å². The van der Waals surface area contributed by atoms with Crippen molar-refractivity contribution in [2.45, 2.75) is 39.2 Å². The summed E-state index contributed by atoms with van der Waals surface area (Å²) in [5.41, 5.74) is 0.979. The Labute approximate surface area is 129 Å². The van der Waals surface area contributed by atoms with Gasteiger partial charge in [-0.2, -0.15) is 9.47 Å². The molecule has 114 valence electrons. The molecule has 1 saturated heterocycles. The molecule has 21 heavy (non-hydrogen) atoms. The fraction of sp³-hybridized carbons (Fsp3) is 0.643. The van der Waals surface area contributed by atoms with Crippen LogP contribution in [0, 0.1) is 0 Å². The fourth-order valence-electron chi connectivity index (χ4n) is 2.55. The first-order chi connectivity index (χ1) is 10.3. The molecule has 1 N–H and O–H groups in total. The van der Waals surface area contributed by atoms with Gasteiger partial charge >= 0.3 is 0 Å². The van der Waals surface area contributed by atoms with E-state index in [0.29, 0.717) is 0 Å². The molecule has 1 fully saturated rings. The van der Waals surface area contributed by atoms with E-state index in [1.165, 1.54) is 43.9 Å². The van der Waals surface area contributed by atoms with Crippen LogP contribution in [0.5, 0.6) is 0 Å². The van der Waals surface area contributed by atoms with Crippen LogP contribution in [0.3, 0.4) is 0 Å². The van der Waals surface area contributed by atoms with Gasteiger partial charge in [-0.25, -0.2) is 4.98 Å². The molecule has 2 aromatic heterocycles. The van der Waals surface area contributed by atoms with Crippen LogP contribution < -0.4 is 5.32 Å². The van der Waals surface area contributed by atoms with Crippen molar-refractivity contribution in [3.05, 3.63) is 18.2 Å². The summed E-state index contributed by atoms with van der Waals surface area (Å²) in [7, 11) is 0. The van der Waals surface area contributed by atoms with Gasteiger partial charge in [0.15, 0.2) is 0 Å². The van der Waals surface area contributed by atoms with E-state index in [4.69, 9.17) is 0 Å². The lowest BCUT2D eigenvalue weighted by Crippen LogP contribution is -2.32. The van der Waals surface area contributed by atoms with Crippen molar-refractivity contribution >= 4 is 22.4 Å². The topological polar surface area (TPSA) is 58.9 Å². The number of likely N-dealkylation sites (tertiary alicyclic amines) is 1. The first-order valence-corrected chi connectivity index (χ1v) is 8.45. The summed E-state index contributed by atoms with van der Waals surface area (Å²) in [6.45, 7) is 6.55. The van der Waals surface area contributed by atoms with Gasteiger partial charge in [-0.1, -0.05) is 13.3 Å². The molecule has 0 aromatic carbocycles. The largest absolute Gasteiger partial charge is 0.328 e. The number of piperidine rings is 1. The number of hydrogen-bond donors (Lipinski definition) is 1. The van der Waals surface area contributed by atoms with E-state index in [-0.39, 0.29) is 0 Å². The summed E-state index contributed by atoms with van der Waals surface area (Å²) in [4.78, 5) is 6.93. The van der Waals surface area contributed by atoms with Crippen LogP contribution in [0.1, 0.15) is 32.0 Å². The zero-order chi connectivity index (χ0) is 14.5. The van der Waals surface area contributed by atoms with Crippen LogP contribution in [0.15, 0.2) is 12.4 Å². The van der Waals surface area contributed by atoms with Crippen molar-refractivity contribution in [3.8, 4) is 0 Å². The van der Waals surface area contributed by atoms with E-state index >= 15 is 0 Å². The molecule has 0 amide bonds. The number of nitrogens with one attached hydrogen (secondary N) is 1. The summed E-state index contributed by atoms with van der Waals surface area (Å²) < 4.78 is 6.27. The number of anilines is 2. The Morgan fingerprint density at radius 2 is 2.10 bits per heavy atom. The SMILES string of the molecule is CCc1nsc(Nc2cnn(CCN3CCCCC3)c2)n1. The highest BCUT2D eigenvalue weighted by Crippen LogP contribution is 2.18. The Morgan fingerprint density at radius 1 is 1.24 bits per heavy atom. The van der Waals surface area contributed by atoms with Gasteiger partial charge in [0.25, 0.3) is 0 Å². The lowest BCUT2D eigenvalue weighted by Gasteiger charge is -2.26. The van der Waals surface area contributed by atoms with Crippen molar-refractivity contribution in [1.82, 2.24) is 24.0 Å². The third-order valence-corrected chi connectivity index (χ3v) is 4.43. The molecular weight excluding hydrogens is 284 g/mol. The maximum Gasteiger partial charge on any atom is 0.207 e. The van der Waals surface area contributed by atoms with E-state index < -0.39 is 0 Å². The summed E-state index contributed by atoms with van der Waals surface area (Å²) in [5, 5.41) is 8.51. The quantitative estimate of drug-likeness (QED) is 0.888. The van der Waals surface area contributed by atoms with Crippen LogP contribution in [0.25, 0.3) is 0 Å². The Balaban J connectivity index is 1.50. The van der Waals surface area contributed by atoms with Gasteiger partial charge in [-0.15, -0.1) is 0 Å². The van der Waals surface area contributed by atoms with Crippen molar-refractivity contribution < 1.29 is 0 Å². The Hall–Kier alpha value is -1.47. The molecule has 0 unspecified atom stereocenters. The summed E-state index contributed by atoms with van der Waals surface area (Å²) in [5.74, 6) is 0.889. The number of nitrogens with zero attached hydrogens (tertiary/aromatic N) is 5. The first-order valence-electron chi connectivity index (χ1n) is 7.68. The molecule has 3 rings (SSSR count). The second-order valence-electron chi connectivity index (χ2n) is 5.39. The normalized spacial score (nSPS) is 16.2. The highest BCUT2D eigenvalue weighted by Gasteiger charge is 2.10. The summed E-state index contributed by atoms with van der Waals surface area (Å²) >= 11 is 1.40. The van der Waals surface area contributed by atoms with Crippen LogP contribution in [-0.4, -0.2) is 43.7 Å². The standard InChI is InChI=1S/C14H22N6S/c1-2-13-17-14(21-18-13)16-12-10-15-20(11-12)9-8-19-6-4-3-5-7-19/h10-11H,2-9H2,1H3,(H,16,17,18). The Morgan fingerprint density at radius 3 is 2.86 bits per heavy atom. The lowest BCUT2D eigenvalue weighted by atomic mass is 10.1. The molecule has 0 radical (unpaired) electrons.